The average molecular weight is 680 g/mol. The van der Waals surface area contributed by atoms with Gasteiger partial charge in [-0.25, -0.2) is 14.6 Å². The third-order valence-corrected chi connectivity index (χ3v) is 8.63. The second kappa shape index (κ2) is 14.6. The molecule has 2 aromatic carbocycles. The van der Waals surface area contributed by atoms with Crippen LogP contribution in [0.15, 0.2) is 36.4 Å². The Morgan fingerprint density at radius 1 is 0.979 bits per heavy atom. The van der Waals surface area contributed by atoms with Gasteiger partial charge in [0.2, 0.25) is 0 Å². The van der Waals surface area contributed by atoms with E-state index in [1.807, 2.05) is 25.3 Å². The van der Waals surface area contributed by atoms with Crippen LogP contribution in [0.3, 0.4) is 0 Å². The summed E-state index contributed by atoms with van der Waals surface area (Å²) in [5.41, 5.74) is 0.406. The molecule has 0 atom stereocenters. The van der Waals surface area contributed by atoms with Gasteiger partial charge in [-0.15, -0.1) is 0 Å². The SMILES string of the molecule is CC(C)(C)OC(=O)N1CCC(CCCn2c(COc3ccc(Cl)cc3)nc3c(OC4CCCC4)c(OC(=O)C(F)(F)F)ccc32)CC1. The Labute approximate surface area is 277 Å². The number of benzene rings is 2. The molecule has 0 N–H and O–H groups in total. The molecule has 5 rings (SSSR count). The first-order chi connectivity index (χ1) is 22.3. The van der Waals surface area contributed by atoms with E-state index in [0.717, 1.165) is 51.4 Å². The van der Waals surface area contributed by atoms with E-state index >= 15 is 0 Å². The predicted octanol–water partition coefficient (Wildman–Crippen LogP) is 8.49. The number of amides is 1. The average Bonchev–Trinajstić information content (AvgIpc) is 3.65. The number of rotatable bonds is 10. The second-order valence-corrected chi connectivity index (χ2v) is 13.6. The van der Waals surface area contributed by atoms with E-state index < -0.39 is 17.7 Å². The Bertz CT molecular complexity index is 1540. The number of imidazole rings is 1. The quantitative estimate of drug-likeness (QED) is 0.157. The number of fused-ring (bicyclic) bond motifs is 1. The molecule has 2 heterocycles. The molecule has 2 fully saturated rings. The largest absolute Gasteiger partial charge is 0.491 e. The highest BCUT2D eigenvalue weighted by Crippen LogP contribution is 2.40. The Hall–Kier alpha value is -3.67. The van der Waals surface area contributed by atoms with Gasteiger partial charge in [-0.1, -0.05) is 11.6 Å². The number of esters is 1. The number of halogens is 4. The number of aryl methyl sites for hydroxylation is 1. The molecule has 1 aromatic heterocycles. The lowest BCUT2D eigenvalue weighted by Crippen LogP contribution is -2.41. The van der Waals surface area contributed by atoms with Gasteiger partial charge < -0.3 is 28.4 Å². The van der Waals surface area contributed by atoms with Crippen molar-refractivity contribution < 1.29 is 41.7 Å². The lowest BCUT2D eigenvalue weighted by molar-refractivity contribution is -0.189. The molecule has 1 amide bonds. The van der Waals surface area contributed by atoms with Gasteiger partial charge in [0, 0.05) is 24.7 Å². The number of hydrogen-bond acceptors (Lipinski definition) is 7. The molecule has 3 aromatic rings. The Kier molecular flexibility index (Phi) is 10.8. The summed E-state index contributed by atoms with van der Waals surface area (Å²) in [6.07, 6.45) is 1.09. The van der Waals surface area contributed by atoms with E-state index in [4.69, 9.17) is 35.5 Å². The minimum atomic E-state index is -5.17. The van der Waals surface area contributed by atoms with Gasteiger partial charge in [0.25, 0.3) is 0 Å². The van der Waals surface area contributed by atoms with Crippen molar-refractivity contribution in [2.45, 2.75) is 103 Å². The Morgan fingerprint density at radius 2 is 1.66 bits per heavy atom. The maximum Gasteiger partial charge on any atom is 0.491 e. The fraction of sp³-hybridized carbons (Fsp3) is 0.559. The van der Waals surface area contributed by atoms with Crippen molar-refractivity contribution in [1.82, 2.24) is 14.5 Å². The summed E-state index contributed by atoms with van der Waals surface area (Å²) in [7, 11) is 0. The predicted molar refractivity (Wildman–Crippen MR) is 170 cm³/mol. The number of likely N-dealkylation sites (tertiary alicyclic amines) is 1. The number of alkyl halides is 3. The summed E-state index contributed by atoms with van der Waals surface area (Å²) < 4.78 is 64.1. The van der Waals surface area contributed by atoms with E-state index in [1.165, 1.54) is 6.07 Å². The molecule has 0 bridgehead atoms. The Morgan fingerprint density at radius 3 is 2.30 bits per heavy atom. The monoisotopic (exact) mass is 679 g/mol. The molecule has 2 aliphatic rings. The van der Waals surface area contributed by atoms with E-state index in [-0.39, 0.29) is 30.3 Å². The fourth-order valence-corrected chi connectivity index (χ4v) is 6.15. The molecule has 0 unspecified atom stereocenters. The molecule has 0 spiro atoms. The van der Waals surface area contributed by atoms with Gasteiger partial charge in [0.1, 0.15) is 29.3 Å². The third kappa shape index (κ3) is 9.24. The number of ether oxygens (including phenoxy) is 4. The number of aromatic nitrogens is 2. The van der Waals surface area contributed by atoms with Gasteiger partial charge in [0.15, 0.2) is 11.5 Å². The zero-order chi connectivity index (χ0) is 33.8. The highest BCUT2D eigenvalue weighted by Gasteiger charge is 2.42. The summed E-state index contributed by atoms with van der Waals surface area (Å²) in [6.45, 7) is 7.46. The van der Waals surface area contributed by atoms with E-state index in [9.17, 15) is 22.8 Å². The van der Waals surface area contributed by atoms with E-state index in [1.54, 1.807) is 35.2 Å². The molecule has 256 valence electrons. The van der Waals surface area contributed by atoms with Crippen LogP contribution in [0.2, 0.25) is 5.02 Å². The number of carbonyl (C=O) groups is 2. The zero-order valence-electron chi connectivity index (χ0n) is 26.9. The third-order valence-electron chi connectivity index (χ3n) is 8.38. The van der Waals surface area contributed by atoms with Gasteiger partial charge >= 0.3 is 18.2 Å². The lowest BCUT2D eigenvalue weighted by Gasteiger charge is -2.33. The van der Waals surface area contributed by atoms with Crippen molar-refractivity contribution >= 4 is 34.7 Å². The minimum Gasteiger partial charge on any atom is -0.486 e. The van der Waals surface area contributed by atoms with Crippen molar-refractivity contribution in [3.05, 3.63) is 47.2 Å². The normalized spacial score (nSPS) is 16.4. The van der Waals surface area contributed by atoms with Crippen LogP contribution in [0, 0.1) is 5.92 Å². The first kappa shape index (κ1) is 34.7. The van der Waals surface area contributed by atoms with Crippen LogP contribution in [0.1, 0.15) is 78.0 Å². The number of carbonyl (C=O) groups excluding carboxylic acids is 2. The number of nitrogens with zero attached hydrogens (tertiary/aromatic N) is 3. The highest BCUT2D eigenvalue weighted by atomic mass is 35.5. The van der Waals surface area contributed by atoms with Gasteiger partial charge in [-0.3, -0.25) is 0 Å². The first-order valence-corrected chi connectivity index (χ1v) is 16.5. The molecule has 0 radical (unpaired) electrons. The zero-order valence-corrected chi connectivity index (χ0v) is 27.7. The first-order valence-electron chi connectivity index (χ1n) is 16.1. The van der Waals surface area contributed by atoms with Crippen molar-refractivity contribution in [2.24, 2.45) is 5.92 Å². The van der Waals surface area contributed by atoms with Gasteiger partial charge in [-0.05, 0) is 114 Å². The lowest BCUT2D eigenvalue weighted by atomic mass is 9.92. The van der Waals surface area contributed by atoms with Crippen LogP contribution in [0.4, 0.5) is 18.0 Å². The topological polar surface area (TPSA) is 92.1 Å². The molecule has 1 saturated heterocycles. The van der Waals surface area contributed by atoms with Gasteiger partial charge in [0.05, 0.1) is 11.6 Å². The van der Waals surface area contributed by atoms with Crippen LogP contribution in [0.25, 0.3) is 11.0 Å². The molecule has 47 heavy (non-hydrogen) atoms. The number of hydrogen-bond donors (Lipinski definition) is 0. The van der Waals surface area contributed by atoms with E-state index in [2.05, 4.69) is 0 Å². The van der Waals surface area contributed by atoms with Crippen LogP contribution in [0.5, 0.6) is 17.2 Å². The summed E-state index contributed by atoms with van der Waals surface area (Å²) >= 11 is 6.03. The maximum absolute atomic E-state index is 13.2. The van der Waals surface area contributed by atoms with Crippen LogP contribution in [-0.2, 0) is 22.7 Å². The Balaban J connectivity index is 1.37. The summed E-state index contributed by atoms with van der Waals surface area (Å²) in [5.74, 6) is -1.08. The van der Waals surface area contributed by atoms with Crippen molar-refractivity contribution in [3.63, 3.8) is 0 Å². The summed E-state index contributed by atoms with van der Waals surface area (Å²) in [4.78, 5) is 30.9. The highest BCUT2D eigenvalue weighted by molar-refractivity contribution is 6.30. The van der Waals surface area contributed by atoms with Crippen molar-refractivity contribution in [3.8, 4) is 17.2 Å². The fourth-order valence-electron chi connectivity index (χ4n) is 6.03. The van der Waals surface area contributed by atoms with Crippen LogP contribution in [-0.4, -0.2) is 57.5 Å². The second-order valence-electron chi connectivity index (χ2n) is 13.1. The molecule has 9 nitrogen and oxygen atoms in total. The molecular formula is C34H41ClF3N3O6. The number of piperidine rings is 1. The smallest absolute Gasteiger partial charge is 0.486 e. The molecule has 1 aliphatic heterocycles. The molecule has 1 saturated carbocycles. The molecule has 13 heteroatoms. The van der Waals surface area contributed by atoms with Crippen molar-refractivity contribution in [1.29, 1.82) is 0 Å². The van der Waals surface area contributed by atoms with Crippen LogP contribution >= 0.6 is 11.6 Å². The minimum absolute atomic E-state index is 0.0213. The van der Waals surface area contributed by atoms with Crippen molar-refractivity contribution in [2.75, 3.05) is 13.1 Å². The summed E-state index contributed by atoms with van der Waals surface area (Å²) in [6, 6.07) is 9.84. The van der Waals surface area contributed by atoms with Gasteiger partial charge in [-0.2, -0.15) is 13.2 Å². The van der Waals surface area contributed by atoms with E-state index in [0.29, 0.717) is 53.2 Å². The standard InChI is InChI=1S/C34H41ClF3N3O6/c1-33(2,3)47-32(43)40-19-16-22(17-20-40)7-6-18-41-26-14-15-27(46-31(42)34(36,37)38)30(45-25-8-4-5-9-25)29(26)39-28(41)21-44-24-12-10-23(35)11-13-24/h10-15,22,25H,4-9,16-21H2,1-3H3. The maximum atomic E-state index is 13.2. The molecular weight excluding hydrogens is 639 g/mol. The molecule has 1 aliphatic carbocycles. The summed E-state index contributed by atoms with van der Waals surface area (Å²) in [5, 5.41) is 0.566. The van der Waals surface area contributed by atoms with Crippen LogP contribution < -0.4 is 14.2 Å².